The van der Waals surface area contributed by atoms with Crippen LogP contribution in [0, 0.1) is 0 Å². The van der Waals surface area contributed by atoms with Crippen molar-refractivity contribution in [3.05, 3.63) is 59.9 Å². The van der Waals surface area contributed by atoms with Gasteiger partial charge in [-0.15, -0.1) is 0 Å². The number of primary amides is 1. The van der Waals surface area contributed by atoms with Crippen molar-refractivity contribution in [1.82, 2.24) is 10.3 Å². The average molecular weight is 395 g/mol. The minimum Gasteiger partial charge on any atom is -0.399 e. The molecule has 1 fully saturated rings. The third kappa shape index (κ3) is 4.66. The number of carbonyl (C=O) groups is 2. The first-order valence-corrected chi connectivity index (χ1v) is 9.54. The molecule has 29 heavy (non-hydrogen) atoms. The minimum atomic E-state index is -0.828. The van der Waals surface area contributed by atoms with Crippen molar-refractivity contribution >= 4 is 24.4 Å². The van der Waals surface area contributed by atoms with Crippen molar-refractivity contribution in [2.75, 3.05) is 0 Å². The Morgan fingerprint density at radius 3 is 2.24 bits per heavy atom. The van der Waals surface area contributed by atoms with Gasteiger partial charge in [0.15, 0.2) is 0 Å². The van der Waals surface area contributed by atoms with Gasteiger partial charge < -0.3 is 20.4 Å². The number of carbonyl (C=O) groups excluding carboxylic acids is 2. The molecule has 1 aromatic carbocycles. The molecule has 0 bridgehead atoms. The van der Waals surface area contributed by atoms with Crippen LogP contribution in [0.4, 0.5) is 0 Å². The highest BCUT2D eigenvalue weighted by atomic mass is 16.7. The lowest BCUT2D eigenvalue weighted by Crippen LogP contribution is -2.46. The van der Waals surface area contributed by atoms with Crippen LogP contribution in [0.15, 0.2) is 48.8 Å². The SMILES string of the molecule is CC1(C)OB(c2ccc(C[C@H](NC(=O)c3cccnc3)C(N)=O)cc2)OC1(C)C. The van der Waals surface area contributed by atoms with E-state index in [1.807, 2.05) is 52.0 Å². The van der Waals surface area contributed by atoms with E-state index in [0.29, 0.717) is 5.56 Å². The molecule has 0 spiro atoms. The van der Waals surface area contributed by atoms with Gasteiger partial charge in [0, 0.05) is 18.8 Å². The lowest BCUT2D eigenvalue weighted by atomic mass is 9.78. The summed E-state index contributed by atoms with van der Waals surface area (Å²) in [6.45, 7) is 8.01. The van der Waals surface area contributed by atoms with E-state index in [-0.39, 0.29) is 6.42 Å². The van der Waals surface area contributed by atoms with Crippen LogP contribution in [0.1, 0.15) is 43.6 Å². The molecule has 0 aliphatic carbocycles. The Morgan fingerprint density at radius 2 is 1.72 bits per heavy atom. The molecule has 2 amide bonds. The van der Waals surface area contributed by atoms with Gasteiger partial charge in [0.05, 0.1) is 16.8 Å². The maximum atomic E-state index is 12.3. The number of nitrogens with one attached hydrogen (secondary N) is 1. The van der Waals surface area contributed by atoms with Gasteiger partial charge in [-0.1, -0.05) is 24.3 Å². The maximum Gasteiger partial charge on any atom is 0.494 e. The lowest BCUT2D eigenvalue weighted by molar-refractivity contribution is -0.119. The van der Waals surface area contributed by atoms with Crippen molar-refractivity contribution in [2.45, 2.75) is 51.4 Å². The highest BCUT2D eigenvalue weighted by molar-refractivity contribution is 6.62. The topological polar surface area (TPSA) is 104 Å². The summed E-state index contributed by atoms with van der Waals surface area (Å²) in [6, 6.07) is 10.0. The summed E-state index contributed by atoms with van der Waals surface area (Å²) < 4.78 is 12.1. The van der Waals surface area contributed by atoms with Crippen molar-refractivity contribution < 1.29 is 18.9 Å². The summed E-state index contributed by atoms with van der Waals surface area (Å²) in [5.74, 6) is -0.993. The molecule has 8 heteroatoms. The maximum absolute atomic E-state index is 12.3. The molecule has 0 radical (unpaired) electrons. The van der Waals surface area contributed by atoms with Gasteiger partial charge in [-0.3, -0.25) is 14.6 Å². The van der Waals surface area contributed by atoms with Crippen molar-refractivity contribution in [3.63, 3.8) is 0 Å². The van der Waals surface area contributed by atoms with Crippen LogP contribution in [-0.4, -0.2) is 41.2 Å². The summed E-state index contributed by atoms with van der Waals surface area (Å²) in [5.41, 5.74) is 6.79. The number of hydrogen-bond acceptors (Lipinski definition) is 5. The van der Waals surface area contributed by atoms with Gasteiger partial charge in [0.25, 0.3) is 5.91 Å². The smallest absolute Gasteiger partial charge is 0.399 e. The molecular formula is C21H26BN3O4. The quantitative estimate of drug-likeness (QED) is 0.716. The molecule has 1 aliphatic rings. The van der Waals surface area contributed by atoms with E-state index in [1.165, 1.54) is 6.20 Å². The van der Waals surface area contributed by atoms with Crippen LogP contribution in [0.3, 0.4) is 0 Å². The average Bonchev–Trinajstić information content (AvgIpc) is 2.89. The summed E-state index contributed by atoms with van der Waals surface area (Å²) in [4.78, 5) is 28.1. The molecule has 2 aromatic rings. The monoisotopic (exact) mass is 395 g/mol. The minimum absolute atomic E-state index is 0.283. The Balaban J connectivity index is 1.67. The molecule has 1 aromatic heterocycles. The highest BCUT2D eigenvalue weighted by Gasteiger charge is 2.51. The molecule has 3 rings (SSSR count). The first kappa shape index (κ1) is 21.0. The second-order valence-corrected chi connectivity index (χ2v) is 8.20. The summed E-state index contributed by atoms with van der Waals surface area (Å²) >= 11 is 0. The number of nitrogens with zero attached hydrogens (tertiary/aromatic N) is 1. The Kier molecular flexibility index (Phi) is 5.77. The fraction of sp³-hybridized carbons (Fsp3) is 0.381. The zero-order valence-electron chi connectivity index (χ0n) is 17.1. The van der Waals surface area contributed by atoms with E-state index >= 15 is 0 Å². The van der Waals surface area contributed by atoms with Crippen molar-refractivity contribution in [3.8, 4) is 0 Å². The van der Waals surface area contributed by atoms with Crippen LogP contribution in [0.5, 0.6) is 0 Å². The third-order valence-corrected chi connectivity index (χ3v) is 5.52. The van der Waals surface area contributed by atoms with E-state index in [9.17, 15) is 9.59 Å². The molecule has 3 N–H and O–H groups in total. The van der Waals surface area contributed by atoms with E-state index in [2.05, 4.69) is 10.3 Å². The Hall–Kier alpha value is -2.71. The van der Waals surface area contributed by atoms with Gasteiger partial charge in [0.1, 0.15) is 6.04 Å². The van der Waals surface area contributed by atoms with Crippen LogP contribution in [0.2, 0.25) is 0 Å². The van der Waals surface area contributed by atoms with Gasteiger partial charge in [-0.2, -0.15) is 0 Å². The van der Waals surface area contributed by atoms with E-state index in [0.717, 1.165) is 11.0 Å². The standard InChI is InChI=1S/C21H26BN3O4/c1-20(2)21(3,4)29-22(28-20)16-9-7-14(8-10-16)12-17(18(23)26)25-19(27)15-6-5-11-24-13-15/h5-11,13,17H,12H2,1-4H3,(H2,23,26)(H,25,27)/t17-/m0/s1. The summed E-state index contributed by atoms with van der Waals surface area (Å²) in [7, 11) is -0.453. The predicted molar refractivity (Wildman–Crippen MR) is 111 cm³/mol. The largest absolute Gasteiger partial charge is 0.494 e. The number of rotatable bonds is 6. The number of aromatic nitrogens is 1. The van der Waals surface area contributed by atoms with Crippen LogP contribution >= 0.6 is 0 Å². The zero-order chi connectivity index (χ0) is 21.2. The van der Waals surface area contributed by atoms with Crippen LogP contribution < -0.4 is 16.5 Å². The first-order chi connectivity index (χ1) is 13.6. The molecule has 1 aliphatic heterocycles. The van der Waals surface area contributed by atoms with Gasteiger partial charge >= 0.3 is 7.12 Å². The molecule has 7 nitrogen and oxygen atoms in total. The molecule has 1 atom stereocenters. The zero-order valence-corrected chi connectivity index (χ0v) is 17.1. The van der Waals surface area contributed by atoms with Crippen LogP contribution in [0.25, 0.3) is 0 Å². The number of amides is 2. The number of nitrogens with two attached hydrogens (primary N) is 1. The summed E-state index contributed by atoms with van der Waals surface area (Å²) in [6.07, 6.45) is 3.29. The second kappa shape index (κ2) is 7.97. The van der Waals surface area contributed by atoms with Gasteiger partial charge in [-0.25, -0.2) is 0 Å². The first-order valence-electron chi connectivity index (χ1n) is 9.54. The van der Waals surface area contributed by atoms with E-state index in [4.69, 9.17) is 15.0 Å². The fourth-order valence-electron chi connectivity index (χ4n) is 2.99. The van der Waals surface area contributed by atoms with Gasteiger partial charge in [-0.05, 0) is 50.9 Å². The molecule has 152 valence electrons. The number of pyridine rings is 1. The molecule has 1 saturated heterocycles. The molecular weight excluding hydrogens is 369 g/mol. The molecule has 2 heterocycles. The number of hydrogen-bond donors (Lipinski definition) is 2. The second-order valence-electron chi connectivity index (χ2n) is 8.20. The number of benzene rings is 1. The van der Waals surface area contributed by atoms with Crippen molar-refractivity contribution in [1.29, 1.82) is 0 Å². The van der Waals surface area contributed by atoms with E-state index in [1.54, 1.807) is 18.3 Å². The molecule has 0 unspecified atom stereocenters. The third-order valence-electron chi connectivity index (χ3n) is 5.52. The summed E-state index contributed by atoms with van der Waals surface area (Å²) in [5, 5.41) is 2.67. The van der Waals surface area contributed by atoms with Gasteiger partial charge in [0.2, 0.25) is 5.91 Å². The Morgan fingerprint density at radius 1 is 1.10 bits per heavy atom. The Labute approximate surface area is 171 Å². The van der Waals surface area contributed by atoms with Crippen LogP contribution in [-0.2, 0) is 20.5 Å². The highest BCUT2D eigenvalue weighted by Crippen LogP contribution is 2.36. The van der Waals surface area contributed by atoms with Crippen molar-refractivity contribution in [2.24, 2.45) is 5.73 Å². The fourth-order valence-corrected chi connectivity index (χ4v) is 2.99. The van der Waals surface area contributed by atoms with E-state index < -0.39 is 36.2 Å². The molecule has 0 saturated carbocycles. The predicted octanol–water partition coefficient (Wildman–Crippen LogP) is 1.21. The Bertz CT molecular complexity index is 869. The lowest BCUT2D eigenvalue weighted by Gasteiger charge is -2.32. The normalized spacial score (nSPS) is 18.3.